The normalized spacial score (nSPS) is 10.5. The lowest BCUT2D eigenvalue weighted by molar-refractivity contribution is 0.0526. The average molecular weight is 309 g/mol. The summed E-state index contributed by atoms with van der Waals surface area (Å²) in [4.78, 5) is 30.7. The summed E-state index contributed by atoms with van der Waals surface area (Å²) in [5.74, 6) is -0.0196. The number of aromatic nitrogens is 2. The second-order valence-corrected chi connectivity index (χ2v) is 4.85. The summed E-state index contributed by atoms with van der Waals surface area (Å²) in [5.41, 5.74) is 1.58. The van der Waals surface area contributed by atoms with Gasteiger partial charge in [0.15, 0.2) is 0 Å². The van der Waals surface area contributed by atoms with Crippen LogP contribution in [0.15, 0.2) is 53.3 Å². The van der Waals surface area contributed by atoms with Gasteiger partial charge in [0.05, 0.1) is 23.1 Å². The Morgan fingerprint density at radius 3 is 2.65 bits per heavy atom. The van der Waals surface area contributed by atoms with Gasteiger partial charge >= 0.3 is 5.97 Å². The van der Waals surface area contributed by atoms with Crippen LogP contribution in [-0.4, -0.2) is 22.5 Å². The molecule has 0 aliphatic rings. The summed E-state index contributed by atoms with van der Waals surface area (Å²) >= 11 is 0. The molecule has 0 amide bonds. The standard InChI is InChI=1S/C17H15N3O3/c1-2-23-16(22)11-7-9-12(10-8-11)18-17-19-14-6-4-3-5-13(14)15(21)20-17/h3-10H,2H2,1H3,(H2,18,19,20,21). The Balaban J connectivity index is 1.84. The second-order valence-electron chi connectivity index (χ2n) is 4.85. The zero-order chi connectivity index (χ0) is 16.2. The third kappa shape index (κ3) is 3.21. The van der Waals surface area contributed by atoms with Gasteiger partial charge in [0.2, 0.25) is 5.95 Å². The minimum atomic E-state index is -0.365. The minimum Gasteiger partial charge on any atom is -0.462 e. The number of nitrogens with one attached hydrogen (secondary N) is 2. The fraction of sp³-hybridized carbons (Fsp3) is 0.118. The molecular weight excluding hydrogens is 294 g/mol. The number of rotatable bonds is 4. The first kappa shape index (κ1) is 14.8. The van der Waals surface area contributed by atoms with Crippen molar-refractivity contribution in [3.8, 4) is 0 Å². The number of carbonyl (C=O) groups excluding carboxylic acids is 1. The van der Waals surface area contributed by atoms with Crippen LogP contribution in [0.3, 0.4) is 0 Å². The van der Waals surface area contributed by atoms with E-state index in [0.29, 0.717) is 34.7 Å². The Hall–Kier alpha value is -3.15. The number of ether oxygens (including phenoxy) is 1. The van der Waals surface area contributed by atoms with Crippen molar-refractivity contribution in [2.24, 2.45) is 0 Å². The second kappa shape index (κ2) is 6.31. The number of aromatic amines is 1. The monoisotopic (exact) mass is 309 g/mol. The first-order valence-electron chi connectivity index (χ1n) is 7.20. The van der Waals surface area contributed by atoms with Crippen molar-refractivity contribution in [2.75, 3.05) is 11.9 Å². The number of esters is 1. The van der Waals surface area contributed by atoms with E-state index >= 15 is 0 Å². The molecule has 0 radical (unpaired) electrons. The van der Waals surface area contributed by atoms with Gasteiger partial charge in [-0.15, -0.1) is 0 Å². The highest BCUT2D eigenvalue weighted by molar-refractivity contribution is 5.89. The van der Waals surface area contributed by atoms with Crippen LogP contribution in [0.5, 0.6) is 0 Å². The molecule has 23 heavy (non-hydrogen) atoms. The van der Waals surface area contributed by atoms with E-state index in [-0.39, 0.29) is 11.5 Å². The molecule has 0 saturated heterocycles. The maximum atomic E-state index is 12.0. The van der Waals surface area contributed by atoms with Crippen molar-refractivity contribution in [2.45, 2.75) is 6.92 Å². The van der Waals surface area contributed by atoms with E-state index in [1.54, 1.807) is 49.4 Å². The lowest BCUT2D eigenvalue weighted by Gasteiger charge is -2.07. The van der Waals surface area contributed by atoms with Gasteiger partial charge in [-0.3, -0.25) is 9.78 Å². The molecule has 6 heteroatoms. The molecule has 0 aliphatic carbocycles. The molecule has 0 aliphatic heterocycles. The summed E-state index contributed by atoms with van der Waals surface area (Å²) in [6.45, 7) is 2.09. The van der Waals surface area contributed by atoms with Crippen LogP contribution in [0.4, 0.5) is 11.6 Å². The molecule has 1 aromatic heterocycles. The predicted molar refractivity (Wildman–Crippen MR) is 88.0 cm³/mol. The van der Waals surface area contributed by atoms with Crippen molar-refractivity contribution >= 4 is 28.5 Å². The summed E-state index contributed by atoms with van der Waals surface area (Å²) in [5, 5.41) is 3.55. The Morgan fingerprint density at radius 1 is 1.17 bits per heavy atom. The van der Waals surface area contributed by atoms with Gasteiger partial charge in [0.25, 0.3) is 5.56 Å². The van der Waals surface area contributed by atoms with Gasteiger partial charge in [-0.05, 0) is 43.3 Å². The van der Waals surface area contributed by atoms with E-state index in [1.807, 2.05) is 6.07 Å². The number of hydrogen-bond acceptors (Lipinski definition) is 5. The van der Waals surface area contributed by atoms with Crippen LogP contribution < -0.4 is 10.9 Å². The van der Waals surface area contributed by atoms with Crippen LogP contribution in [0, 0.1) is 0 Å². The third-order valence-corrected chi connectivity index (χ3v) is 3.27. The van der Waals surface area contributed by atoms with E-state index in [9.17, 15) is 9.59 Å². The zero-order valence-corrected chi connectivity index (χ0v) is 12.5. The Kier molecular flexibility index (Phi) is 4.05. The lowest BCUT2D eigenvalue weighted by atomic mass is 10.2. The number of fused-ring (bicyclic) bond motifs is 1. The molecule has 3 rings (SSSR count). The van der Waals surface area contributed by atoms with Gasteiger partial charge < -0.3 is 10.1 Å². The molecule has 0 unspecified atom stereocenters. The largest absolute Gasteiger partial charge is 0.462 e. The molecule has 1 heterocycles. The molecule has 116 valence electrons. The zero-order valence-electron chi connectivity index (χ0n) is 12.5. The molecule has 0 saturated carbocycles. The van der Waals surface area contributed by atoms with Crippen LogP contribution in [0.2, 0.25) is 0 Å². The fourth-order valence-corrected chi connectivity index (χ4v) is 2.19. The summed E-state index contributed by atoms with van der Waals surface area (Å²) in [6, 6.07) is 13.9. The SMILES string of the molecule is CCOC(=O)c1ccc(Nc2nc3ccccc3c(=O)[nH]2)cc1. The Labute approximate surface area is 132 Å². The average Bonchev–Trinajstić information content (AvgIpc) is 2.56. The number of para-hydroxylation sites is 1. The summed E-state index contributed by atoms with van der Waals surface area (Å²) in [6.07, 6.45) is 0. The molecule has 0 bridgehead atoms. The van der Waals surface area contributed by atoms with Crippen molar-refractivity contribution in [3.63, 3.8) is 0 Å². The quantitative estimate of drug-likeness (QED) is 0.724. The van der Waals surface area contributed by atoms with Gasteiger partial charge in [0.1, 0.15) is 0 Å². The highest BCUT2D eigenvalue weighted by atomic mass is 16.5. The van der Waals surface area contributed by atoms with Gasteiger partial charge in [-0.2, -0.15) is 0 Å². The highest BCUT2D eigenvalue weighted by Crippen LogP contribution is 2.15. The number of carbonyl (C=O) groups is 1. The van der Waals surface area contributed by atoms with Crippen LogP contribution in [0.1, 0.15) is 17.3 Å². The van der Waals surface area contributed by atoms with Crippen LogP contribution >= 0.6 is 0 Å². The topological polar surface area (TPSA) is 84.1 Å². The van der Waals surface area contributed by atoms with Crippen molar-refractivity contribution in [1.82, 2.24) is 9.97 Å². The van der Waals surface area contributed by atoms with E-state index < -0.39 is 0 Å². The minimum absolute atomic E-state index is 0.207. The first-order chi connectivity index (χ1) is 11.2. The van der Waals surface area contributed by atoms with E-state index in [1.165, 1.54) is 0 Å². The number of hydrogen-bond donors (Lipinski definition) is 2. The predicted octanol–water partition coefficient (Wildman–Crippen LogP) is 2.84. The molecule has 6 nitrogen and oxygen atoms in total. The smallest absolute Gasteiger partial charge is 0.338 e. The number of benzene rings is 2. The lowest BCUT2D eigenvalue weighted by Crippen LogP contribution is -2.11. The first-order valence-corrected chi connectivity index (χ1v) is 7.20. The van der Waals surface area contributed by atoms with E-state index in [4.69, 9.17) is 4.74 Å². The number of H-pyrrole nitrogens is 1. The molecular formula is C17H15N3O3. The Morgan fingerprint density at radius 2 is 1.91 bits per heavy atom. The molecule has 2 N–H and O–H groups in total. The molecule has 0 atom stereocenters. The maximum Gasteiger partial charge on any atom is 0.338 e. The maximum absolute atomic E-state index is 12.0. The van der Waals surface area contributed by atoms with Gasteiger partial charge in [0, 0.05) is 5.69 Å². The number of nitrogens with zero attached hydrogens (tertiary/aromatic N) is 1. The van der Waals surface area contributed by atoms with Gasteiger partial charge in [-0.25, -0.2) is 9.78 Å². The van der Waals surface area contributed by atoms with Crippen molar-refractivity contribution < 1.29 is 9.53 Å². The molecule has 3 aromatic rings. The van der Waals surface area contributed by atoms with E-state index in [0.717, 1.165) is 0 Å². The van der Waals surface area contributed by atoms with Crippen molar-refractivity contribution in [1.29, 1.82) is 0 Å². The van der Waals surface area contributed by atoms with Gasteiger partial charge in [-0.1, -0.05) is 12.1 Å². The van der Waals surface area contributed by atoms with Crippen molar-refractivity contribution in [3.05, 3.63) is 64.4 Å². The highest BCUT2D eigenvalue weighted by Gasteiger charge is 2.07. The molecule has 2 aromatic carbocycles. The number of anilines is 2. The van der Waals surface area contributed by atoms with Crippen LogP contribution in [0.25, 0.3) is 10.9 Å². The van der Waals surface area contributed by atoms with Crippen LogP contribution in [-0.2, 0) is 4.74 Å². The Bertz CT molecular complexity index is 901. The summed E-state index contributed by atoms with van der Waals surface area (Å²) < 4.78 is 4.93. The van der Waals surface area contributed by atoms with E-state index in [2.05, 4.69) is 15.3 Å². The summed E-state index contributed by atoms with van der Waals surface area (Å²) in [7, 11) is 0. The third-order valence-electron chi connectivity index (χ3n) is 3.27. The molecule has 0 spiro atoms. The fourth-order valence-electron chi connectivity index (χ4n) is 2.19. The molecule has 0 fully saturated rings.